The highest BCUT2D eigenvalue weighted by atomic mass is 16.7. The van der Waals surface area contributed by atoms with Crippen molar-refractivity contribution in [1.82, 2.24) is 0 Å². The van der Waals surface area contributed by atoms with E-state index in [4.69, 9.17) is 33.2 Å². The minimum Gasteiger partial charge on any atom is -0.494 e. The minimum atomic E-state index is -1.49. The quantitative estimate of drug-likeness (QED) is 0.121. The summed E-state index contributed by atoms with van der Waals surface area (Å²) >= 11 is 0. The Morgan fingerprint density at radius 3 is 2.20 bits per heavy atom. The molecule has 3 saturated heterocycles. The van der Waals surface area contributed by atoms with Crippen LogP contribution in [0.25, 0.3) is 0 Å². The van der Waals surface area contributed by atoms with Gasteiger partial charge in [-0.3, -0.25) is 0 Å². The second-order valence-electron chi connectivity index (χ2n) is 20.5. The molecule has 61 heavy (non-hydrogen) atoms. The molecule has 17 heteroatoms. The number of ether oxygens (including phenoxy) is 7. The highest BCUT2D eigenvalue weighted by molar-refractivity contribution is 5.27. The van der Waals surface area contributed by atoms with E-state index in [1.54, 1.807) is 6.92 Å². The molecule has 0 radical (unpaired) electrons. The number of aliphatic hydroxyl groups excluding tert-OH is 10. The summed E-state index contributed by atoms with van der Waals surface area (Å²) in [6, 6.07) is 0. The smallest absolute Gasteiger partial charge is 0.186 e. The fourth-order valence-corrected chi connectivity index (χ4v) is 13.4. The van der Waals surface area contributed by atoms with E-state index in [-0.39, 0.29) is 53.8 Å². The molecule has 0 bridgehead atoms. The van der Waals surface area contributed by atoms with Crippen molar-refractivity contribution in [3.63, 3.8) is 0 Å². The molecule has 25 unspecified atom stereocenters. The van der Waals surface area contributed by atoms with Crippen molar-refractivity contribution in [2.45, 2.75) is 197 Å². The number of hydrogen-bond donors (Lipinski definition) is 10. The van der Waals surface area contributed by atoms with Gasteiger partial charge in [0.2, 0.25) is 0 Å². The van der Waals surface area contributed by atoms with Crippen LogP contribution in [-0.2, 0) is 33.2 Å². The van der Waals surface area contributed by atoms with Crippen LogP contribution in [0.2, 0.25) is 0 Å². The van der Waals surface area contributed by atoms with Crippen LogP contribution in [0.4, 0.5) is 0 Å². The van der Waals surface area contributed by atoms with Gasteiger partial charge in [-0.25, -0.2) is 0 Å². The lowest BCUT2D eigenvalue weighted by atomic mass is 9.44. The number of aliphatic hydroxyl groups is 10. The standard InChI is InChI=1S/C44H72O17/c1-18(16-55-40-38(53)36(51)34(49)29(15-45)60-40)6-9-27-19(2)31-28(59-27)14-25-23-8-7-21-12-22(58-42-39(54)35(50)32(47)20(3)57-42)13-30(44(21,5)24(23)10-11-43(25,31)4)61-41-37(52)33(48)26(46)17-56-41/h18,20-26,28-42,45-54H,6-17H2,1-5H3. The zero-order valence-electron chi connectivity index (χ0n) is 36.1. The first-order valence-corrected chi connectivity index (χ1v) is 22.8. The first-order chi connectivity index (χ1) is 28.9. The van der Waals surface area contributed by atoms with Crippen LogP contribution in [0.1, 0.15) is 92.4 Å². The number of fused-ring (bicyclic) bond motifs is 7. The molecule has 25 atom stereocenters. The summed E-state index contributed by atoms with van der Waals surface area (Å²) < 4.78 is 43.0. The van der Waals surface area contributed by atoms with Crippen molar-refractivity contribution in [3.05, 3.63) is 11.3 Å². The normalized spacial score (nSPS) is 54.0. The van der Waals surface area contributed by atoms with Crippen LogP contribution in [-0.4, -0.2) is 175 Å². The van der Waals surface area contributed by atoms with Gasteiger partial charge in [0.1, 0.15) is 67.1 Å². The van der Waals surface area contributed by atoms with E-state index in [0.717, 1.165) is 50.7 Å². The number of hydrogen-bond acceptors (Lipinski definition) is 17. The van der Waals surface area contributed by atoms with Gasteiger partial charge in [-0.15, -0.1) is 0 Å². The molecular formula is C44H72O17. The molecule has 0 amide bonds. The zero-order chi connectivity index (χ0) is 43.9. The zero-order valence-corrected chi connectivity index (χ0v) is 36.1. The van der Waals surface area contributed by atoms with Crippen molar-refractivity contribution in [2.75, 3.05) is 19.8 Å². The summed E-state index contributed by atoms with van der Waals surface area (Å²) in [5.74, 6) is 2.59. The average Bonchev–Trinajstić information content (AvgIpc) is 3.72. The van der Waals surface area contributed by atoms with Gasteiger partial charge in [0.15, 0.2) is 18.9 Å². The summed E-state index contributed by atoms with van der Waals surface area (Å²) in [5, 5.41) is 104. The van der Waals surface area contributed by atoms with Crippen LogP contribution in [0.5, 0.6) is 0 Å². The van der Waals surface area contributed by atoms with Gasteiger partial charge in [0, 0.05) is 18.8 Å². The first kappa shape index (κ1) is 46.4. The molecule has 0 aromatic heterocycles. The predicted molar refractivity (Wildman–Crippen MR) is 212 cm³/mol. The molecule has 8 rings (SSSR count). The highest BCUT2D eigenvalue weighted by Gasteiger charge is 2.67. The molecule has 0 aromatic rings. The lowest BCUT2D eigenvalue weighted by Crippen LogP contribution is -2.63. The van der Waals surface area contributed by atoms with Gasteiger partial charge in [0.05, 0.1) is 43.9 Å². The Morgan fingerprint density at radius 2 is 1.46 bits per heavy atom. The van der Waals surface area contributed by atoms with Gasteiger partial charge >= 0.3 is 0 Å². The monoisotopic (exact) mass is 872 g/mol. The van der Waals surface area contributed by atoms with Gasteiger partial charge in [-0.2, -0.15) is 0 Å². The summed E-state index contributed by atoms with van der Waals surface area (Å²) in [6.45, 7) is 10.2. The summed E-state index contributed by atoms with van der Waals surface area (Å²) in [6.07, 6.45) is -11.4. The highest BCUT2D eigenvalue weighted by Crippen LogP contribution is 2.70. The van der Waals surface area contributed by atoms with Crippen LogP contribution in [0.3, 0.4) is 0 Å². The second kappa shape index (κ2) is 17.9. The van der Waals surface area contributed by atoms with Crippen molar-refractivity contribution >= 4 is 0 Å². The predicted octanol–water partition coefficient (Wildman–Crippen LogP) is -0.192. The molecule has 7 fully saturated rings. The Morgan fingerprint density at radius 1 is 0.754 bits per heavy atom. The topological polar surface area (TPSA) is 267 Å². The summed E-state index contributed by atoms with van der Waals surface area (Å²) in [5.41, 5.74) is 0.957. The molecule has 4 saturated carbocycles. The van der Waals surface area contributed by atoms with Crippen molar-refractivity contribution in [3.8, 4) is 0 Å². The van der Waals surface area contributed by atoms with E-state index in [1.165, 1.54) is 5.57 Å². The molecular weight excluding hydrogens is 800 g/mol. The molecule has 0 aromatic carbocycles. The van der Waals surface area contributed by atoms with Crippen LogP contribution in [0, 0.1) is 46.3 Å². The summed E-state index contributed by atoms with van der Waals surface area (Å²) in [7, 11) is 0. The molecule has 4 heterocycles. The van der Waals surface area contributed by atoms with E-state index in [2.05, 4.69) is 20.8 Å². The van der Waals surface area contributed by atoms with Crippen LogP contribution < -0.4 is 0 Å². The maximum absolute atomic E-state index is 11.0. The summed E-state index contributed by atoms with van der Waals surface area (Å²) in [4.78, 5) is 0. The molecule has 350 valence electrons. The first-order valence-electron chi connectivity index (χ1n) is 22.8. The van der Waals surface area contributed by atoms with Gasteiger partial charge < -0.3 is 84.2 Å². The molecule has 4 aliphatic carbocycles. The average molecular weight is 873 g/mol. The molecule has 17 nitrogen and oxygen atoms in total. The van der Waals surface area contributed by atoms with Crippen molar-refractivity contribution in [2.24, 2.45) is 46.3 Å². The second-order valence-corrected chi connectivity index (χ2v) is 20.5. The number of allylic oxidation sites excluding steroid dienone is 1. The van der Waals surface area contributed by atoms with E-state index in [1.807, 2.05) is 6.92 Å². The van der Waals surface area contributed by atoms with Gasteiger partial charge in [-0.1, -0.05) is 20.8 Å². The lowest BCUT2D eigenvalue weighted by Gasteiger charge is -2.63. The van der Waals surface area contributed by atoms with Crippen LogP contribution in [0.15, 0.2) is 11.3 Å². The van der Waals surface area contributed by atoms with Crippen molar-refractivity contribution < 1.29 is 84.2 Å². The third-order valence-electron chi connectivity index (χ3n) is 17.0. The van der Waals surface area contributed by atoms with E-state index in [0.29, 0.717) is 24.7 Å². The maximum Gasteiger partial charge on any atom is 0.186 e. The maximum atomic E-state index is 11.0. The molecule has 0 spiro atoms. The molecule has 4 aliphatic heterocycles. The molecule has 8 aliphatic rings. The van der Waals surface area contributed by atoms with Crippen LogP contribution >= 0.6 is 0 Å². The van der Waals surface area contributed by atoms with Crippen molar-refractivity contribution in [1.29, 1.82) is 0 Å². The Kier molecular flexibility index (Phi) is 13.7. The fraction of sp³-hybridized carbons (Fsp3) is 0.955. The van der Waals surface area contributed by atoms with Gasteiger partial charge in [0.25, 0.3) is 0 Å². The molecule has 10 N–H and O–H groups in total. The van der Waals surface area contributed by atoms with E-state index in [9.17, 15) is 51.1 Å². The third-order valence-corrected chi connectivity index (χ3v) is 17.0. The Bertz CT molecular complexity index is 1550. The van der Waals surface area contributed by atoms with Gasteiger partial charge in [-0.05, 0) is 105 Å². The SMILES string of the molecule is CC1=C(CCC(C)COC2OC(CO)C(O)C(O)C2O)OC2CC3C4CCC5CC(OC6OC(C)C(O)C(O)C6O)CC(OC6OCC(O)C(O)C6O)C5(C)C4CCC3(C)C12. The Hall–Kier alpha value is -1.10. The Labute approximate surface area is 357 Å². The number of rotatable bonds is 11. The minimum absolute atomic E-state index is 0.0227. The fourth-order valence-electron chi connectivity index (χ4n) is 13.4. The Balaban J connectivity index is 0.949. The largest absolute Gasteiger partial charge is 0.494 e. The van der Waals surface area contributed by atoms with E-state index < -0.39 is 105 Å². The lowest BCUT2D eigenvalue weighted by molar-refractivity contribution is -0.332. The van der Waals surface area contributed by atoms with E-state index >= 15 is 0 Å². The third kappa shape index (κ3) is 8.16.